The Labute approximate surface area is 105 Å². The largest absolute Gasteiger partial charge is 0.394 e. The highest BCUT2D eigenvalue weighted by atomic mass is 35.5. The van der Waals surface area contributed by atoms with Crippen LogP contribution in [-0.2, 0) is 0 Å². The molecular weight excluding hydrogens is 240 g/mol. The van der Waals surface area contributed by atoms with Crippen LogP contribution in [0.5, 0.6) is 0 Å². The number of pyridine rings is 1. The summed E-state index contributed by atoms with van der Waals surface area (Å²) in [6.07, 6.45) is 5.91. The molecule has 2 rings (SSSR count). The van der Waals surface area contributed by atoms with Gasteiger partial charge in [0.2, 0.25) is 0 Å². The van der Waals surface area contributed by atoms with E-state index in [1.54, 1.807) is 17.2 Å². The van der Waals surface area contributed by atoms with Gasteiger partial charge < -0.3 is 10.0 Å². The summed E-state index contributed by atoms with van der Waals surface area (Å²) in [5.41, 5.74) is 0.412. The average Bonchev–Trinajstić information content (AvgIpc) is 2.38. The predicted octanol–water partition coefficient (Wildman–Crippen LogP) is 1.72. The van der Waals surface area contributed by atoms with Crippen LogP contribution in [0, 0.1) is 0 Å². The molecule has 1 atom stereocenters. The first-order valence-corrected chi connectivity index (χ1v) is 6.13. The summed E-state index contributed by atoms with van der Waals surface area (Å²) in [4.78, 5) is 17.9. The minimum atomic E-state index is -0.137. The number of carbonyl (C=O) groups is 1. The van der Waals surface area contributed by atoms with Crippen molar-refractivity contribution in [3.05, 3.63) is 29.0 Å². The number of likely N-dealkylation sites (tertiary alicyclic amines) is 1. The molecule has 4 nitrogen and oxygen atoms in total. The van der Waals surface area contributed by atoms with Crippen molar-refractivity contribution >= 4 is 17.5 Å². The number of nitrogens with zero attached hydrogens (tertiary/aromatic N) is 2. The third-order valence-corrected chi connectivity index (χ3v) is 3.43. The van der Waals surface area contributed by atoms with Crippen LogP contribution in [0.3, 0.4) is 0 Å². The van der Waals surface area contributed by atoms with Gasteiger partial charge in [0.05, 0.1) is 23.2 Å². The van der Waals surface area contributed by atoms with Crippen molar-refractivity contribution in [2.24, 2.45) is 0 Å². The maximum absolute atomic E-state index is 12.3. The van der Waals surface area contributed by atoms with Crippen molar-refractivity contribution in [1.29, 1.82) is 0 Å². The molecular formula is C12H15ClN2O2. The van der Waals surface area contributed by atoms with Crippen LogP contribution in [-0.4, -0.2) is 40.1 Å². The predicted molar refractivity (Wildman–Crippen MR) is 65.0 cm³/mol. The zero-order valence-electron chi connectivity index (χ0n) is 9.47. The lowest BCUT2D eigenvalue weighted by Crippen LogP contribution is -2.45. The number of hydrogen-bond donors (Lipinski definition) is 1. The first-order chi connectivity index (χ1) is 8.24. The molecule has 1 aliphatic rings. The zero-order chi connectivity index (χ0) is 12.3. The molecule has 1 amide bonds. The zero-order valence-corrected chi connectivity index (χ0v) is 10.2. The molecule has 1 fully saturated rings. The quantitative estimate of drug-likeness (QED) is 0.874. The number of halogens is 1. The fourth-order valence-electron chi connectivity index (χ4n) is 2.15. The number of carbonyl (C=O) groups excluding carboxylic acids is 1. The van der Waals surface area contributed by atoms with E-state index in [9.17, 15) is 9.90 Å². The molecule has 0 bridgehead atoms. The van der Waals surface area contributed by atoms with E-state index in [4.69, 9.17) is 11.6 Å². The second-order valence-electron chi connectivity index (χ2n) is 4.19. The lowest BCUT2D eigenvalue weighted by atomic mass is 10.0. The van der Waals surface area contributed by atoms with Crippen LogP contribution in [0.4, 0.5) is 0 Å². The fourth-order valence-corrected chi connectivity index (χ4v) is 2.33. The fraction of sp³-hybridized carbons (Fsp3) is 0.500. The third-order valence-electron chi connectivity index (χ3n) is 3.10. The SMILES string of the molecule is O=C(c1cnccc1Cl)N1CCCCC1CO. The lowest BCUT2D eigenvalue weighted by Gasteiger charge is -2.34. The Morgan fingerprint density at radius 1 is 1.59 bits per heavy atom. The van der Waals surface area contributed by atoms with Crippen molar-refractivity contribution in [2.75, 3.05) is 13.2 Å². The number of aliphatic hydroxyl groups excluding tert-OH is 1. The van der Waals surface area contributed by atoms with Crippen molar-refractivity contribution in [3.8, 4) is 0 Å². The second kappa shape index (κ2) is 5.47. The standard InChI is InChI=1S/C12H15ClN2O2/c13-11-4-5-14-7-10(11)12(17)15-6-2-1-3-9(15)8-16/h4-5,7,9,16H,1-3,6,8H2. The summed E-state index contributed by atoms with van der Waals surface area (Å²) in [5.74, 6) is -0.137. The number of aromatic nitrogens is 1. The number of rotatable bonds is 2. The molecule has 0 aromatic carbocycles. The Kier molecular flexibility index (Phi) is 3.97. The van der Waals surface area contributed by atoms with E-state index < -0.39 is 0 Å². The van der Waals surface area contributed by atoms with Gasteiger partial charge in [0.15, 0.2) is 0 Å². The third kappa shape index (κ3) is 2.58. The molecule has 1 aromatic rings. The van der Waals surface area contributed by atoms with Crippen LogP contribution >= 0.6 is 11.6 Å². The van der Waals surface area contributed by atoms with Gasteiger partial charge in [-0.2, -0.15) is 0 Å². The Morgan fingerprint density at radius 2 is 2.41 bits per heavy atom. The van der Waals surface area contributed by atoms with E-state index >= 15 is 0 Å². The summed E-state index contributed by atoms with van der Waals surface area (Å²) >= 11 is 5.98. The molecule has 1 saturated heterocycles. The van der Waals surface area contributed by atoms with E-state index in [2.05, 4.69) is 4.98 Å². The molecule has 92 valence electrons. The van der Waals surface area contributed by atoms with Gasteiger partial charge in [-0.3, -0.25) is 9.78 Å². The van der Waals surface area contributed by atoms with Crippen LogP contribution in [0.15, 0.2) is 18.5 Å². The molecule has 0 aliphatic carbocycles. The van der Waals surface area contributed by atoms with Crippen molar-refractivity contribution in [1.82, 2.24) is 9.88 Å². The van der Waals surface area contributed by atoms with Gasteiger partial charge in [-0.15, -0.1) is 0 Å². The summed E-state index contributed by atoms with van der Waals surface area (Å²) in [6.45, 7) is 0.679. The molecule has 0 saturated carbocycles. The van der Waals surface area contributed by atoms with E-state index in [1.165, 1.54) is 6.20 Å². The van der Waals surface area contributed by atoms with Gasteiger partial charge in [0.1, 0.15) is 0 Å². The average molecular weight is 255 g/mol. The van der Waals surface area contributed by atoms with Gasteiger partial charge in [-0.25, -0.2) is 0 Å². The molecule has 1 unspecified atom stereocenters. The van der Waals surface area contributed by atoms with Crippen LogP contribution in [0.1, 0.15) is 29.6 Å². The Morgan fingerprint density at radius 3 is 3.12 bits per heavy atom. The van der Waals surface area contributed by atoms with E-state index in [1.807, 2.05) is 0 Å². The monoisotopic (exact) mass is 254 g/mol. The van der Waals surface area contributed by atoms with E-state index in [0.29, 0.717) is 17.1 Å². The maximum Gasteiger partial charge on any atom is 0.257 e. The van der Waals surface area contributed by atoms with Crippen molar-refractivity contribution in [3.63, 3.8) is 0 Å². The van der Waals surface area contributed by atoms with Gasteiger partial charge in [0.25, 0.3) is 5.91 Å². The Balaban J connectivity index is 2.21. The summed E-state index contributed by atoms with van der Waals surface area (Å²) in [5, 5.41) is 9.69. The Hall–Kier alpha value is -1.13. The number of hydrogen-bond acceptors (Lipinski definition) is 3. The van der Waals surface area contributed by atoms with Crippen molar-refractivity contribution in [2.45, 2.75) is 25.3 Å². The minimum absolute atomic E-state index is 0.00359. The van der Waals surface area contributed by atoms with Crippen molar-refractivity contribution < 1.29 is 9.90 Å². The second-order valence-corrected chi connectivity index (χ2v) is 4.59. The highest BCUT2D eigenvalue weighted by molar-refractivity contribution is 6.33. The van der Waals surface area contributed by atoms with Crippen LogP contribution < -0.4 is 0 Å². The number of amides is 1. The summed E-state index contributed by atoms with van der Waals surface area (Å²) < 4.78 is 0. The van der Waals surface area contributed by atoms with Gasteiger partial charge >= 0.3 is 0 Å². The molecule has 0 spiro atoms. The molecule has 1 aliphatic heterocycles. The molecule has 1 aromatic heterocycles. The first-order valence-electron chi connectivity index (χ1n) is 5.75. The van der Waals surface area contributed by atoms with Gasteiger partial charge in [0, 0.05) is 18.9 Å². The lowest BCUT2D eigenvalue weighted by molar-refractivity contribution is 0.0503. The molecule has 0 radical (unpaired) electrons. The van der Waals surface area contributed by atoms with Gasteiger partial charge in [-0.05, 0) is 25.3 Å². The summed E-state index contributed by atoms with van der Waals surface area (Å²) in [6, 6.07) is 1.51. The molecule has 1 N–H and O–H groups in total. The maximum atomic E-state index is 12.3. The number of piperidine rings is 1. The van der Waals surface area contributed by atoms with Crippen LogP contribution in [0.25, 0.3) is 0 Å². The first kappa shape index (κ1) is 12.3. The topological polar surface area (TPSA) is 53.4 Å². The Bertz CT molecular complexity index is 411. The van der Waals surface area contributed by atoms with E-state index in [0.717, 1.165) is 19.3 Å². The highest BCUT2D eigenvalue weighted by Gasteiger charge is 2.27. The van der Waals surface area contributed by atoms with Crippen LogP contribution in [0.2, 0.25) is 5.02 Å². The smallest absolute Gasteiger partial charge is 0.257 e. The normalized spacial score (nSPS) is 20.4. The van der Waals surface area contributed by atoms with E-state index in [-0.39, 0.29) is 18.6 Å². The minimum Gasteiger partial charge on any atom is -0.394 e. The molecule has 2 heterocycles. The van der Waals surface area contributed by atoms with Gasteiger partial charge in [-0.1, -0.05) is 11.6 Å². The number of aliphatic hydroxyl groups is 1. The molecule has 5 heteroatoms. The molecule has 17 heavy (non-hydrogen) atoms. The highest BCUT2D eigenvalue weighted by Crippen LogP contribution is 2.22. The summed E-state index contributed by atoms with van der Waals surface area (Å²) in [7, 11) is 0.